The number of benzene rings is 1. The first-order valence-electron chi connectivity index (χ1n) is 7.26. The standard InChI is InChI=1S/C15H21N3O4/c1-10-5-11(7-12(6-10)18(20)21)15(19)17-4-3-14(22-2)8-13(17)9-16/h5-7,13-14H,3-4,8-9,16H2,1-2H3/t13-,14-/m1/s1. The first-order chi connectivity index (χ1) is 10.5. The number of ether oxygens (including phenoxy) is 1. The number of methoxy groups -OCH3 is 1. The van der Waals surface area contributed by atoms with Crippen molar-refractivity contribution in [1.82, 2.24) is 4.90 Å². The number of aryl methyl sites for hydroxylation is 1. The van der Waals surface area contributed by atoms with Gasteiger partial charge in [0, 0.05) is 43.9 Å². The summed E-state index contributed by atoms with van der Waals surface area (Å²) in [6, 6.07) is 4.34. The number of nitrogens with two attached hydrogens (primary N) is 1. The molecule has 0 aromatic heterocycles. The van der Waals surface area contributed by atoms with Crippen LogP contribution in [0.4, 0.5) is 5.69 Å². The SMILES string of the molecule is CO[C@@H]1CCN(C(=O)c2cc(C)cc([N+](=O)[O-])c2)[C@@H](CN)C1. The van der Waals surface area contributed by atoms with E-state index in [2.05, 4.69) is 0 Å². The molecule has 0 saturated carbocycles. The summed E-state index contributed by atoms with van der Waals surface area (Å²) >= 11 is 0. The Morgan fingerprint density at radius 2 is 2.23 bits per heavy atom. The van der Waals surface area contributed by atoms with Gasteiger partial charge in [0.15, 0.2) is 0 Å². The summed E-state index contributed by atoms with van der Waals surface area (Å²) in [6.07, 6.45) is 1.53. The lowest BCUT2D eigenvalue weighted by molar-refractivity contribution is -0.384. The van der Waals surface area contributed by atoms with Crippen LogP contribution < -0.4 is 5.73 Å². The van der Waals surface area contributed by atoms with Crippen molar-refractivity contribution in [2.45, 2.75) is 31.9 Å². The van der Waals surface area contributed by atoms with Crippen LogP contribution in [-0.2, 0) is 4.74 Å². The Balaban J connectivity index is 2.25. The second kappa shape index (κ2) is 6.85. The van der Waals surface area contributed by atoms with Gasteiger partial charge in [0.05, 0.1) is 11.0 Å². The van der Waals surface area contributed by atoms with Crippen LogP contribution in [0.3, 0.4) is 0 Å². The third-order valence-electron chi connectivity index (χ3n) is 4.05. The molecule has 1 heterocycles. The van der Waals surface area contributed by atoms with Gasteiger partial charge in [-0.1, -0.05) is 0 Å². The summed E-state index contributed by atoms with van der Waals surface area (Å²) in [7, 11) is 1.65. The summed E-state index contributed by atoms with van der Waals surface area (Å²) in [4.78, 5) is 24.9. The Morgan fingerprint density at radius 1 is 1.50 bits per heavy atom. The number of hydrogen-bond acceptors (Lipinski definition) is 5. The van der Waals surface area contributed by atoms with Crippen LogP contribution in [-0.4, -0.2) is 48.1 Å². The van der Waals surface area contributed by atoms with Gasteiger partial charge in [-0.15, -0.1) is 0 Å². The fourth-order valence-electron chi connectivity index (χ4n) is 2.88. The van der Waals surface area contributed by atoms with E-state index in [4.69, 9.17) is 10.5 Å². The maximum absolute atomic E-state index is 12.7. The maximum atomic E-state index is 12.7. The number of nitro groups is 1. The highest BCUT2D eigenvalue weighted by Crippen LogP contribution is 2.24. The zero-order valence-corrected chi connectivity index (χ0v) is 12.8. The minimum atomic E-state index is -0.485. The fraction of sp³-hybridized carbons (Fsp3) is 0.533. The number of carbonyl (C=O) groups excluding carboxylic acids is 1. The van der Waals surface area contributed by atoms with Gasteiger partial charge in [-0.3, -0.25) is 14.9 Å². The molecule has 120 valence electrons. The smallest absolute Gasteiger partial charge is 0.270 e. The maximum Gasteiger partial charge on any atom is 0.270 e. The molecular weight excluding hydrogens is 286 g/mol. The Labute approximate surface area is 129 Å². The minimum absolute atomic E-state index is 0.0700. The fourth-order valence-corrected chi connectivity index (χ4v) is 2.88. The number of piperidine rings is 1. The molecule has 1 fully saturated rings. The number of nitro benzene ring substituents is 1. The quantitative estimate of drug-likeness (QED) is 0.671. The van der Waals surface area contributed by atoms with Gasteiger partial charge >= 0.3 is 0 Å². The number of likely N-dealkylation sites (tertiary alicyclic amines) is 1. The molecule has 1 amide bonds. The average Bonchev–Trinajstić information content (AvgIpc) is 2.52. The minimum Gasteiger partial charge on any atom is -0.381 e. The number of non-ortho nitro benzene ring substituents is 1. The van der Waals surface area contributed by atoms with E-state index >= 15 is 0 Å². The highest BCUT2D eigenvalue weighted by atomic mass is 16.6. The lowest BCUT2D eigenvalue weighted by atomic mass is 9.97. The summed E-state index contributed by atoms with van der Waals surface area (Å²) in [5.74, 6) is -0.211. The van der Waals surface area contributed by atoms with Crippen LogP contribution in [0.5, 0.6) is 0 Å². The van der Waals surface area contributed by atoms with Gasteiger partial charge in [-0.05, 0) is 31.4 Å². The molecule has 22 heavy (non-hydrogen) atoms. The van der Waals surface area contributed by atoms with Crippen molar-refractivity contribution < 1.29 is 14.5 Å². The molecule has 1 aliphatic rings. The van der Waals surface area contributed by atoms with Crippen LogP contribution in [0.15, 0.2) is 18.2 Å². The summed E-state index contributed by atoms with van der Waals surface area (Å²) < 4.78 is 5.34. The first-order valence-corrected chi connectivity index (χ1v) is 7.26. The number of hydrogen-bond donors (Lipinski definition) is 1. The van der Waals surface area contributed by atoms with Crippen molar-refractivity contribution in [2.75, 3.05) is 20.2 Å². The predicted octanol–water partition coefficient (Wildman–Crippen LogP) is 1.48. The molecule has 0 unspecified atom stereocenters. The van der Waals surface area contributed by atoms with Gasteiger partial charge in [0.2, 0.25) is 0 Å². The van der Waals surface area contributed by atoms with Crippen LogP contribution >= 0.6 is 0 Å². The zero-order valence-electron chi connectivity index (χ0n) is 12.8. The van der Waals surface area contributed by atoms with Crippen molar-refractivity contribution in [3.05, 3.63) is 39.4 Å². The lowest BCUT2D eigenvalue weighted by Crippen LogP contribution is -2.51. The number of carbonyl (C=O) groups is 1. The Hall–Kier alpha value is -1.99. The molecule has 1 aromatic rings. The topological polar surface area (TPSA) is 98.7 Å². The number of rotatable bonds is 4. The van der Waals surface area contributed by atoms with E-state index in [9.17, 15) is 14.9 Å². The van der Waals surface area contributed by atoms with Crippen LogP contribution in [0, 0.1) is 17.0 Å². The summed E-state index contributed by atoms with van der Waals surface area (Å²) in [5, 5.41) is 11.0. The second-order valence-corrected chi connectivity index (χ2v) is 5.58. The molecule has 0 aliphatic carbocycles. The molecule has 0 spiro atoms. The van der Waals surface area contributed by atoms with Crippen molar-refractivity contribution in [1.29, 1.82) is 0 Å². The molecule has 2 N–H and O–H groups in total. The number of nitrogens with zero attached hydrogens (tertiary/aromatic N) is 2. The molecular formula is C15H21N3O4. The molecule has 1 aromatic carbocycles. The van der Waals surface area contributed by atoms with E-state index in [1.54, 1.807) is 25.0 Å². The van der Waals surface area contributed by atoms with Crippen LogP contribution in [0.2, 0.25) is 0 Å². The molecule has 0 radical (unpaired) electrons. The van der Waals surface area contributed by atoms with E-state index in [0.717, 1.165) is 6.42 Å². The highest BCUT2D eigenvalue weighted by Gasteiger charge is 2.31. The van der Waals surface area contributed by atoms with Crippen LogP contribution in [0.1, 0.15) is 28.8 Å². The van der Waals surface area contributed by atoms with Gasteiger partial charge < -0.3 is 15.4 Å². The van der Waals surface area contributed by atoms with E-state index in [1.807, 2.05) is 0 Å². The molecule has 2 atom stereocenters. The molecule has 2 rings (SSSR count). The van der Waals surface area contributed by atoms with Gasteiger partial charge in [-0.2, -0.15) is 0 Å². The van der Waals surface area contributed by atoms with E-state index < -0.39 is 4.92 Å². The summed E-state index contributed by atoms with van der Waals surface area (Å²) in [5.41, 5.74) is 6.73. The van der Waals surface area contributed by atoms with Gasteiger partial charge in [-0.25, -0.2) is 0 Å². The zero-order chi connectivity index (χ0) is 16.3. The van der Waals surface area contributed by atoms with Crippen molar-refractivity contribution in [3.8, 4) is 0 Å². The monoisotopic (exact) mass is 307 g/mol. The molecule has 1 aliphatic heterocycles. The summed E-state index contributed by atoms with van der Waals surface area (Å²) in [6.45, 7) is 2.63. The predicted molar refractivity (Wildman–Crippen MR) is 81.7 cm³/mol. The second-order valence-electron chi connectivity index (χ2n) is 5.58. The third-order valence-corrected chi connectivity index (χ3v) is 4.05. The van der Waals surface area contributed by atoms with Crippen molar-refractivity contribution in [2.24, 2.45) is 5.73 Å². The van der Waals surface area contributed by atoms with Gasteiger partial charge in [0.25, 0.3) is 11.6 Å². The van der Waals surface area contributed by atoms with E-state index in [0.29, 0.717) is 30.6 Å². The highest BCUT2D eigenvalue weighted by molar-refractivity contribution is 5.95. The van der Waals surface area contributed by atoms with E-state index in [-0.39, 0.29) is 23.7 Å². The average molecular weight is 307 g/mol. The molecule has 0 bridgehead atoms. The van der Waals surface area contributed by atoms with Crippen molar-refractivity contribution in [3.63, 3.8) is 0 Å². The van der Waals surface area contributed by atoms with Crippen molar-refractivity contribution >= 4 is 11.6 Å². The number of amides is 1. The lowest BCUT2D eigenvalue weighted by Gasteiger charge is -2.38. The Kier molecular flexibility index (Phi) is 5.10. The van der Waals surface area contributed by atoms with Gasteiger partial charge in [0.1, 0.15) is 0 Å². The molecule has 7 heteroatoms. The largest absolute Gasteiger partial charge is 0.381 e. The first kappa shape index (κ1) is 16.4. The Morgan fingerprint density at radius 3 is 2.82 bits per heavy atom. The Bertz CT molecular complexity index is 576. The van der Waals surface area contributed by atoms with Crippen LogP contribution in [0.25, 0.3) is 0 Å². The third kappa shape index (κ3) is 3.42. The molecule has 7 nitrogen and oxygen atoms in total. The van der Waals surface area contributed by atoms with E-state index in [1.165, 1.54) is 12.1 Å². The molecule has 1 saturated heterocycles. The normalized spacial score (nSPS) is 21.7.